The summed E-state index contributed by atoms with van der Waals surface area (Å²) in [5.41, 5.74) is 2.19. The molecule has 19 heavy (non-hydrogen) atoms. The number of hydrogen-bond donors (Lipinski definition) is 1. The predicted molar refractivity (Wildman–Crippen MR) is 69.7 cm³/mol. The Morgan fingerprint density at radius 3 is 3.00 bits per heavy atom. The SMILES string of the molecule is COC(=O)c1cncc(NCc2ncccc2C)n1. The highest BCUT2D eigenvalue weighted by Gasteiger charge is 2.08. The van der Waals surface area contributed by atoms with Crippen LogP contribution in [0.5, 0.6) is 0 Å². The zero-order valence-corrected chi connectivity index (χ0v) is 10.8. The van der Waals surface area contributed by atoms with Crippen LogP contribution in [0.4, 0.5) is 5.82 Å². The number of pyridine rings is 1. The molecule has 0 spiro atoms. The second kappa shape index (κ2) is 5.90. The standard InChI is InChI=1S/C13H14N4O2/c1-9-4-3-5-15-10(9)7-16-12-8-14-6-11(17-12)13(18)19-2/h3-6,8H,7H2,1-2H3,(H,16,17). The summed E-state index contributed by atoms with van der Waals surface area (Å²) in [5, 5.41) is 3.08. The fraction of sp³-hybridized carbons (Fsp3) is 0.231. The number of carbonyl (C=O) groups excluding carboxylic acids is 1. The number of esters is 1. The maximum absolute atomic E-state index is 11.3. The topological polar surface area (TPSA) is 77.0 Å². The van der Waals surface area contributed by atoms with Gasteiger partial charge in [0.1, 0.15) is 5.82 Å². The molecule has 0 fully saturated rings. The van der Waals surface area contributed by atoms with Crippen molar-refractivity contribution in [1.82, 2.24) is 15.0 Å². The van der Waals surface area contributed by atoms with E-state index >= 15 is 0 Å². The first kappa shape index (κ1) is 12.9. The molecule has 0 bridgehead atoms. The Morgan fingerprint density at radius 2 is 2.26 bits per heavy atom. The lowest BCUT2D eigenvalue weighted by atomic mass is 10.2. The Bertz CT molecular complexity index is 586. The molecule has 0 aliphatic carbocycles. The average molecular weight is 258 g/mol. The van der Waals surface area contributed by atoms with Crippen LogP contribution in [0.15, 0.2) is 30.7 Å². The Balaban J connectivity index is 2.08. The van der Waals surface area contributed by atoms with Crippen molar-refractivity contribution in [2.45, 2.75) is 13.5 Å². The summed E-state index contributed by atoms with van der Waals surface area (Å²) in [6.45, 7) is 2.51. The lowest BCUT2D eigenvalue weighted by Gasteiger charge is -2.07. The predicted octanol–water partition coefficient (Wildman–Crippen LogP) is 1.58. The summed E-state index contributed by atoms with van der Waals surface area (Å²) in [7, 11) is 1.31. The van der Waals surface area contributed by atoms with E-state index in [4.69, 9.17) is 0 Å². The molecular formula is C13H14N4O2. The highest BCUT2D eigenvalue weighted by molar-refractivity contribution is 5.87. The molecule has 98 valence electrons. The van der Waals surface area contributed by atoms with E-state index in [0.717, 1.165) is 11.3 Å². The van der Waals surface area contributed by atoms with Crippen LogP contribution in [-0.4, -0.2) is 28.0 Å². The lowest BCUT2D eigenvalue weighted by molar-refractivity contribution is 0.0593. The molecule has 0 aromatic carbocycles. The summed E-state index contributed by atoms with van der Waals surface area (Å²) in [6, 6.07) is 3.87. The van der Waals surface area contributed by atoms with Crippen molar-refractivity contribution in [2.24, 2.45) is 0 Å². The first-order valence-electron chi connectivity index (χ1n) is 5.75. The smallest absolute Gasteiger partial charge is 0.358 e. The third-order valence-electron chi connectivity index (χ3n) is 2.58. The van der Waals surface area contributed by atoms with Crippen molar-refractivity contribution >= 4 is 11.8 Å². The summed E-state index contributed by atoms with van der Waals surface area (Å²) in [4.78, 5) is 23.6. The summed E-state index contributed by atoms with van der Waals surface area (Å²) in [5.74, 6) is -0.00174. The fourth-order valence-corrected chi connectivity index (χ4v) is 1.53. The van der Waals surface area contributed by atoms with Gasteiger partial charge < -0.3 is 10.1 Å². The fourth-order valence-electron chi connectivity index (χ4n) is 1.53. The van der Waals surface area contributed by atoms with Crippen LogP contribution in [0.2, 0.25) is 0 Å². The minimum absolute atomic E-state index is 0.172. The van der Waals surface area contributed by atoms with Gasteiger partial charge in [-0.25, -0.2) is 9.78 Å². The van der Waals surface area contributed by atoms with Crippen LogP contribution in [0.25, 0.3) is 0 Å². The molecule has 0 saturated carbocycles. The molecule has 0 aliphatic rings. The number of aryl methyl sites for hydroxylation is 1. The zero-order valence-electron chi connectivity index (χ0n) is 10.8. The van der Waals surface area contributed by atoms with Gasteiger partial charge in [-0.2, -0.15) is 0 Å². The quantitative estimate of drug-likeness (QED) is 0.839. The van der Waals surface area contributed by atoms with Crippen molar-refractivity contribution < 1.29 is 9.53 Å². The van der Waals surface area contributed by atoms with E-state index < -0.39 is 5.97 Å². The molecule has 0 saturated heterocycles. The van der Waals surface area contributed by atoms with Gasteiger partial charge in [-0.1, -0.05) is 6.07 Å². The van der Waals surface area contributed by atoms with E-state index in [2.05, 4.69) is 25.0 Å². The van der Waals surface area contributed by atoms with Crippen molar-refractivity contribution in [2.75, 3.05) is 12.4 Å². The lowest BCUT2D eigenvalue weighted by Crippen LogP contribution is -2.09. The number of methoxy groups -OCH3 is 1. The number of nitrogens with zero attached hydrogens (tertiary/aromatic N) is 3. The van der Waals surface area contributed by atoms with Crippen LogP contribution in [0.3, 0.4) is 0 Å². The molecule has 2 heterocycles. The minimum Gasteiger partial charge on any atom is -0.464 e. The van der Waals surface area contributed by atoms with Crippen molar-refractivity contribution in [3.8, 4) is 0 Å². The van der Waals surface area contributed by atoms with E-state index in [1.165, 1.54) is 13.3 Å². The maximum atomic E-state index is 11.3. The van der Waals surface area contributed by atoms with E-state index in [0.29, 0.717) is 12.4 Å². The van der Waals surface area contributed by atoms with Gasteiger partial charge in [-0.15, -0.1) is 0 Å². The Kier molecular flexibility index (Phi) is 4.02. The van der Waals surface area contributed by atoms with Crippen molar-refractivity contribution in [3.05, 3.63) is 47.7 Å². The normalized spacial score (nSPS) is 10.0. The first-order valence-corrected chi connectivity index (χ1v) is 5.75. The minimum atomic E-state index is -0.509. The molecule has 0 atom stereocenters. The van der Waals surface area contributed by atoms with Gasteiger partial charge in [0.2, 0.25) is 0 Å². The Morgan fingerprint density at radius 1 is 1.42 bits per heavy atom. The second-order valence-corrected chi connectivity index (χ2v) is 3.90. The molecule has 1 N–H and O–H groups in total. The van der Waals surface area contributed by atoms with Crippen LogP contribution < -0.4 is 5.32 Å². The van der Waals surface area contributed by atoms with E-state index in [1.54, 1.807) is 12.4 Å². The van der Waals surface area contributed by atoms with Gasteiger partial charge >= 0.3 is 5.97 Å². The van der Waals surface area contributed by atoms with Gasteiger partial charge in [-0.3, -0.25) is 9.97 Å². The largest absolute Gasteiger partial charge is 0.464 e. The molecule has 0 amide bonds. The van der Waals surface area contributed by atoms with Crippen LogP contribution >= 0.6 is 0 Å². The molecule has 2 aromatic rings. The number of ether oxygens (including phenoxy) is 1. The Labute approximate surface area is 110 Å². The van der Waals surface area contributed by atoms with E-state index in [9.17, 15) is 4.79 Å². The monoisotopic (exact) mass is 258 g/mol. The molecule has 0 aliphatic heterocycles. The molecule has 0 unspecified atom stereocenters. The highest BCUT2D eigenvalue weighted by Crippen LogP contribution is 2.08. The number of carbonyl (C=O) groups is 1. The first-order chi connectivity index (χ1) is 9.20. The van der Waals surface area contributed by atoms with Gasteiger partial charge in [0.15, 0.2) is 5.69 Å². The summed E-state index contributed by atoms with van der Waals surface area (Å²) < 4.78 is 4.59. The number of nitrogens with one attached hydrogen (secondary N) is 1. The molecule has 6 heteroatoms. The van der Waals surface area contributed by atoms with Crippen LogP contribution in [-0.2, 0) is 11.3 Å². The van der Waals surface area contributed by atoms with Gasteiger partial charge in [0.05, 0.1) is 31.7 Å². The van der Waals surface area contributed by atoms with Crippen molar-refractivity contribution in [3.63, 3.8) is 0 Å². The number of anilines is 1. The molecule has 2 aromatic heterocycles. The number of hydrogen-bond acceptors (Lipinski definition) is 6. The molecule has 0 radical (unpaired) electrons. The molecule has 6 nitrogen and oxygen atoms in total. The Hall–Kier alpha value is -2.50. The van der Waals surface area contributed by atoms with E-state index in [-0.39, 0.29) is 5.69 Å². The summed E-state index contributed by atoms with van der Waals surface area (Å²) >= 11 is 0. The van der Waals surface area contributed by atoms with Gasteiger partial charge in [-0.05, 0) is 18.6 Å². The van der Waals surface area contributed by atoms with Gasteiger partial charge in [0.25, 0.3) is 0 Å². The second-order valence-electron chi connectivity index (χ2n) is 3.90. The molecular weight excluding hydrogens is 244 g/mol. The summed E-state index contributed by atoms with van der Waals surface area (Å²) in [6.07, 6.45) is 4.65. The third-order valence-corrected chi connectivity index (χ3v) is 2.58. The maximum Gasteiger partial charge on any atom is 0.358 e. The molecule has 2 rings (SSSR count). The number of rotatable bonds is 4. The highest BCUT2D eigenvalue weighted by atomic mass is 16.5. The van der Waals surface area contributed by atoms with Crippen LogP contribution in [0.1, 0.15) is 21.7 Å². The van der Waals surface area contributed by atoms with E-state index in [1.807, 2.05) is 19.1 Å². The average Bonchev–Trinajstić information content (AvgIpc) is 2.46. The van der Waals surface area contributed by atoms with Crippen LogP contribution in [0, 0.1) is 6.92 Å². The number of aromatic nitrogens is 3. The van der Waals surface area contributed by atoms with Gasteiger partial charge in [0, 0.05) is 6.20 Å². The zero-order chi connectivity index (χ0) is 13.7. The third kappa shape index (κ3) is 3.25. The van der Waals surface area contributed by atoms with Crippen molar-refractivity contribution in [1.29, 1.82) is 0 Å².